The SMILES string of the molecule is Cc1cc(N2CCCN(CCO)CC2)ccc1C=O. The van der Waals surface area contributed by atoms with Gasteiger partial charge in [0.1, 0.15) is 6.29 Å². The van der Waals surface area contributed by atoms with E-state index in [1.807, 2.05) is 19.1 Å². The Morgan fingerprint density at radius 2 is 2.11 bits per heavy atom. The number of aryl methyl sites for hydroxylation is 1. The predicted molar refractivity (Wildman–Crippen MR) is 76.9 cm³/mol. The number of rotatable bonds is 4. The number of benzene rings is 1. The smallest absolute Gasteiger partial charge is 0.150 e. The highest BCUT2D eigenvalue weighted by Crippen LogP contribution is 2.20. The maximum absolute atomic E-state index is 10.8. The van der Waals surface area contributed by atoms with Crippen molar-refractivity contribution in [3.8, 4) is 0 Å². The first kappa shape index (κ1) is 14.0. The molecule has 0 aliphatic carbocycles. The number of carbonyl (C=O) groups is 1. The average Bonchev–Trinajstić information content (AvgIpc) is 2.65. The summed E-state index contributed by atoms with van der Waals surface area (Å²) in [6, 6.07) is 6.01. The van der Waals surface area contributed by atoms with Crippen LogP contribution in [0.2, 0.25) is 0 Å². The maximum atomic E-state index is 10.8. The van der Waals surface area contributed by atoms with Gasteiger partial charge < -0.3 is 10.0 Å². The number of hydrogen-bond donors (Lipinski definition) is 1. The fraction of sp³-hybridized carbons (Fsp3) is 0.533. The Kier molecular flexibility index (Phi) is 4.93. The van der Waals surface area contributed by atoms with E-state index < -0.39 is 0 Å². The van der Waals surface area contributed by atoms with Crippen LogP contribution in [0.5, 0.6) is 0 Å². The lowest BCUT2D eigenvalue weighted by molar-refractivity contribution is 0.112. The number of aliphatic hydroxyl groups is 1. The van der Waals surface area contributed by atoms with Crippen LogP contribution in [0.4, 0.5) is 5.69 Å². The minimum atomic E-state index is 0.229. The molecule has 0 spiro atoms. The highest BCUT2D eigenvalue weighted by atomic mass is 16.3. The van der Waals surface area contributed by atoms with Gasteiger partial charge in [-0.1, -0.05) is 0 Å². The van der Waals surface area contributed by atoms with E-state index in [2.05, 4.69) is 15.9 Å². The highest BCUT2D eigenvalue weighted by Gasteiger charge is 2.15. The predicted octanol–water partition coefficient (Wildman–Crippen LogP) is 1.31. The summed E-state index contributed by atoms with van der Waals surface area (Å²) in [5, 5.41) is 9.00. The van der Waals surface area contributed by atoms with Crippen molar-refractivity contribution < 1.29 is 9.90 Å². The Morgan fingerprint density at radius 1 is 1.26 bits per heavy atom. The molecular weight excluding hydrogens is 240 g/mol. The summed E-state index contributed by atoms with van der Waals surface area (Å²) in [6.07, 6.45) is 2.01. The van der Waals surface area contributed by atoms with E-state index in [0.717, 1.165) is 56.6 Å². The van der Waals surface area contributed by atoms with Crippen LogP contribution in [0.1, 0.15) is 22.3 Å². The molecule has 0 unspecified atom stereocenters. The number of aliphatic hydroxyl groups excluding tert-OH is 1. The molecule has 0 amide bonds. The van der Waals surface area contributed by atoms with Crippen molar-refractivity contribution in [1.82, 2.24) is 4.90 Å². The zero-order valence-corrected chi connectivity index (χ0v) is 11.5. The standard InChI is InChI=1S/C15H22N2O2/c1-13-11-15(4-3-14(13)12-19)17-6-2-5-16(7-8-17)9-10-18/h3-4,11-12,18H,2,5-10H2,1H3. The van der Waals surface area contributed by atoms with Crippen molar-refractivity contribution in [1.29, 1.82) is 0 Å². The van der Waals surface area contributed by atoms with Gasteiger partial charge in [-0.25, -0.2) is 0 Å². The van der Waals surface area contributed by atoms with E-state index in [-0.39, 0.29) is 6.61 Å². The van der Waals surface area contributed by atoms with Crippen LogP contribution in [0.15, 0.2) is 18.2 Å². The van der Waals surface area contributed by atoms with Gasteiger partial charge >= 0.3 is 0 Å². The quantitative estimate of drug-likeness (QED) is 0.831. The summed E-state index contributed by atoms with van der Waals surface area (Å²) in [7, 11) is 0. The molecule has 1 aromatic carbocycles. The first-order chi connectivity index (χ1) is 9.24. The number of β-amino-alcohol motifs (C(OH)–C–C–N with tert-alkyl or cyclic N) is 1. The second kappa shape index (κ2) is 6.68. The Balaban J connectivity index is 2.05. The molecule has 0 aromatic heterocycles. The molecule has 2 rings (SSSR count). The minimum Gasteiger partial charge on any atom is -0.395 e. The van der Waals surface area contributed by atoms with Gasteiger partial charge in [-0.05, 0) is 43.7 Å². The van der Waals surface area contributed by atoms with Crippen LogP contribution in [-0.2, 0) is 0 Å². The van der Waals surface area contributed by atoms with E-state index in [1.54, 1.807) is 0 Å². The van der Waals surface area contributed by atoms with Crippen LogP contribution >= 0.6 is 0 Å². The van der Waals surface area contributed by atoms with Gasteiger partial charge in [0.25, 0.3) is 0 Å². The fourth-order valence-electron chi connectivity index (χ4n) is 2.58. The second-order valence-electron chi connectivity index (χ2n) is 5.06. The van der Waals surface area contributed by atoms with Crippen molar-refractivity contribution in [3.63, 3.8) is 0 Å². The summed E-state index contributed by atoms with van der Waals surface area (Å²) in [5.74, 6) is 0. The normalized spacial score (nSPS) is 17.3. The third kappa shape index (κ3) is 3.55. The third-order valence-corrected chi connectivity index (χ3v) is 3.75. The van der Waals surface area contributed by atoms with Gasteiger partial charge in [-0.3, -0.25) is 9.69 Å². The Hall–Kier alpha value is -1.39. The van der Waals surface area contributed by atoms with Gasteiger partial charge in [0, 0.05) is 37.4 Å². The number of carbonyl (C=O) groups excluding carboxylic acids is 1. The first-order valence-electron chi connectivity index (χ1n) is 6.88. The molecule has 0 radical (unpaired) electrons. The Bertz CT molecular complexity index is 434. The van der Waals surface area contributed by atoms with Crippen molar-refractivity contribution in [2.24, 2.45) is 0 Å². The van der Waals surface area contributed by atoms with E-state index in [4.69, 9.17) is 5.11 Å². The summed E-state index contributed by atoms with van der Waals surface area (Å²) in [4.78, 5) is 15.5. The largest absolute Gasteiger partial charge is 0.395 e. The fourth-order valence-corrected chi connectivity index (χ4v) is 2.58. The molecule has 4 heteroatoms. The molecular formula is C15H22N2O2. The van der Waals surface area contributed by atoms with Crippen molar-refractivity contribution >= 4 is 12.0 Å². The van der Waals surface area contributed by atoms with Crippen molar-refractivity contribution in [2.45, 2.75) is 13.3 Å². The minimum absolute atomic E-state index is 0.229. The summed E-state index contributed by atoms with van der Waals surface area (Å²) < 4.78 is 0. The molecule has 0 saturated carbocycles. The first-order valence-corrected chi connectivity index (χ1v) is 6.88. The molecule has 1 saturated heterocycles. The number of nitrogens with zero attached hydrogens (tertiary/aromatic N) is 2. The third-order valence-electron chi connectivity index (χ3n) is 3.75. The Morgan fingerprint density at radius 3 is 2.79 bits per heavy atom. The molecule has 104 valence electrons. The second-order valence-corrected chi connectivity index (χ2v) is 5.06. The highest BCUT2D eigenvalue weighted by molar-refractivity contribution is 5.78. The van der Waals surface area contributed by atoms with Crippen LogP contribution < -0.4 is 4.90 Å². The molecule has 0 atom stereocenters. The van der Waals surface area contributed by atoms with E-state index in [9.17, 15) is 4.79 Å². The number of aldehydes is 1. The number of hydrogen-bond acceptors (Lipinski definition) is 4. The molecule has 19 heavy (non-hydrogen) atoms. The van der Waals surface area contributed by atoms with Gasteiger partial charge in [-0.15, -0.1) is 0 Å². The summed E-state index contributed by atoms with van der Waals surface area (Å²) in [5.41, 5.74) is 2.98. The molecule has 4 nitrogen and oxygen atoms in total. The zero-order chi connectivity index (χ0) is 13.7. The molecule has 1 N–H and O–H groups in total. The lowest BCUT2D eigenvalue weighted by atomic mass is 10.1. The van der Waals surface area contributed by atoms with Gasteiger partial charge in [0.15, 0.2) is 0 Å². The lowest BCUT2D eigenvalue weighted by Gasteiger charge is -2.24. The number of anilines is 1. The van der Waals surface area contributed by atoms with Gasteiger partial charge in [-0.2, -0.15) is 0 Å². The molecule has 1 aliphatic rings. The monoisotopic (exact) mass is 262 g/mol. The van der Waals surface area contributed by atoms with Crippen molar-refractivity contribution in [2.75, 3.05) is 44.2 Å². The van der Waals surface area contributed by atoms with Gasteiger partial charge in [0.05, 0.1) is 6.61 Å². The van der Waals surface area contributed by atoms with E-state index >= 15 is 0 Å². The zero-order valence-electron chi connectivity index (χ0n) is 11.5. The van der Waals surface area contributed by atoms with E-state index in [0.29, 0.717) is 0 Å². The molecule has 0 bridgehead atoms. The van der Waals surface area contributed by atoms with Crippen LogP contribution in [0.3, 0.4) is 0 Å². The Labute approximate surface area is 114 Å². The molecule has 1 aliphatic heterocycles. The topological polar surface area (TPSA) is 43.8 Å². The average molecular weight is 262 g/mol. The molecule has 1 heterocycles. The molecule has 1 fully saturated rings. The van der Waals surface area contributed by atoms with Gasteiger partial charge in [0.2, 0.25) is 0 Å². The summed E-state index contributed by atoms with van der Waals surface area (Å²) in [6.45, 7) is 6.99. The maximum Gasteiger partial charge on any atom is 0.150 e. The van der Waals surface area contributed by atoms with Crippen molar-refractivity contribution in [3.05, 3.63) is 29.3 Å². The van der Waals surface area contributed by atoms with Crippen LogP contribution in [0, 0.1) is 6.92 Å². The van der Waals surface area contributed by atoms with Crippen LogP contribution in [-0.4, -0.2) is 55.6 Å². The van der Waals surface area contributed by atoms with Crippen LogP contribution in [0.25, 0.3) is 0 Å². The summed E-state index contributed by atoms with van der Waals surface area (Å²) >= 11 is 0. The van der Waals surface area contributed by atoms with E-state index in [1.165, 1.54) is 5.69 Å². The lowest BCUT2D eigenvalue weighted by Crippen LogP contribution is -2.32. The molecule has 1 aromatic rings.